The van der Waals surface area contributed by atoms with Crippen LogP contribution in [0.2, 0.25) is 0 Å². The highest BCUT2D eigenvalue weighted by Crippen LogP contribution is 2.13. The maximum absolute atomic E-state index is 4.63. The maximum atomic E-state index is 4.63. The molecule has 0 bridgehead atoms. The van der Waals surface area contributed by atoms with Gasteiger partial charge in [0.25, 0.3) is 0 Å². The minimum Gasteiger partial charge on any atom is -0.365 e. The topological polar surface area (TPSA) is 70.1 Å². The van der Waals surface area contributed by atoms with Crippen molar-refractivity contribution in [3.63, 3.8) is 0 Å². The molecule has 1 aliphatic heterocycles. The first kappa shape index (κ1) is 19.0. The van der Waals surface area contributed by atoms with E-state index in [1.807, 2.05) is 18.2 Å². The van der Waals surface area contributed by atoms with Gasteiger partial charge in [0, 0.05) is 51.7 Å². The number of hydrogen-bond donors (Lipinski definition) is 1. The lowest BCUT2D eigenvalue weighted by atomic mass is 10.2. The number of piperazine rings is 1. The van der Waals surface area contributed by atoms with Crippen molar-refractivity contribution in [3.8, 4) is 0 Å². The Morgan fingerprint density at radius 2 is 1.76 bits per heavy atom. The molecule has 0 saturated carbocycles. The summed E-state index contributed by atoms with van der Waals surface area (Å²) in [6.07, 6.45) is 9.64. The summed E-state index contributed by atoms with van der Waals surface area (Å²) < 4.78 is 0. The predicted molar refractivity (Wildman–Crippen MR) is 116 cm³/mol. The molecule has 2 aromatic heterocycles. The summed E-state index contributed by atoms with van der Waals surface area (Å²) in [5, 5.41) is 11.7. The molecule has 1 saturated heterocycles. The molecule has 3 aromatic rings. The highest BCUT2D eigenvalue weighted by Gasteiger charge is 2.18. The van der Waals surface area contributed by atoms with Gasteiger partial charge < -0.3 is 10.2 Å². The van der Waals surface area contributed by atoms with Gasteiger partial charge in [0.2, 0.25) is 5.95 Å². The molecule has 0 atom stereocenters. The van der Waals surface area contributed by atoms with Crippen molar-refractivity contribution in [3.05, 3.63) is 78.3 Å². The van der Waals surface area contributed by atoms with E-state index in [0.29, 0.717) is 12.5 Å². The van der Waals surface area contributed by atoms with E-state index in [-0.39, 0.29) is 0 Å². The first-order chi connectivity index (χ1) is 14.4. The van der Waals surface area contributed by atoms with Crippen LogP contribution in [-0.2, 0) is 6.54 Å². The van der Waals surface area contributed by atoms with Gasteiger partial charge in [0.15, 0.2) is 5.82 Å². The van der Waals surface area contributed by atoms with E-state index in [1.54, 1.807) is 18.6 Å². The summed E-state index contributed by atoms with van der Waals surface area (Å²) >= 11 is 0. The summed E-state index contributed by atoms with van der Waals surface area (Å²) in [7, 11) is 0. The van der Waals surface area contributed by atoms with Crippen LogP contribution < -0.4 is 10.2 Å². The molecular weight excluding hydrogens is 362 g/mol. The van der Waals surface area contributed by atoms with E-state index in [1.165, 1.54) is 5.56 Å². The van der Waals surface area contributed by atoms with Gasteiger partial charge in [-0.05, 0) is 23.3 Å². The average Bonchev–Trinajstić information content (AvgIpc) is 2.80. The second kappa shape index (κ2) is 9.75. The second-order valence-electron chi connectivity index (χ2n) is 6.95. The van der Waals surface area contributed by atoms with Crippen LogP contribution in [0, 0.1) is 0 Å². The van der Waals surface area contributed by atoms with E-state index >= 15 is 0 Å². The number of pyridine rings is 1. The molecule has 1 aliphatic rings. The molecule has 148 valence electrons. The Morgan fingerprint density at radius 1 is 0.966 bits per heavy atom. The molecule has 7 nitrogen and oxygen atoms in total. The fourth-order valence-electron chi connectivity index (χ4n) is 3.24. The van der Waals surface area contributed by atoms with Gasteiger partial charge in [-0.1, -0.05) is 42.5 Å². The monoisotopic (exact) mass is 387 g/mol. The zero-order chi connectivity index (χ0) is 19.7. The molecule has 1 fully saturated rings. The van der Waals surface area contributed by atoms with E-state index in [9.17, 15) is 0 Å². The van der Waals surface area contributed by atoms with E-state index in [4.69, 9.17) is 0 Å². The lowest BCUT2D eigenvalue weighted by molar-refractivity contribution is 0.282. The zero-order valence-corrected chi connectivity index (χ0v) is 16.4. The van der Waals surface area contributed by atoms with Gasteiger partial charge in [-0.2, -0.15) is 10.1 Å². The lowest BCUT2D eigenvalue weighted by Gasteiger charge is -2.33. The molecule has 3 heterocycles. The largest absolute Gasteiger partial charge is 0.365 e. The summed E-state index contributed by atoms with van der Waals surface area (Å²) in [6, 6.07) is 14.4. The van der Waals surface area contributed by atoms with Gasteiger partial charge in [-0.3, -0.25) is 9.88 Å². The quantitative estimate of drug-likeness (QED) is 0.668. The second-order valence-corrected chi connectivity index (χ2v) is 6.95. The first-order valence-corrected chi connectivity index (χ1v) is 9.88. The highest BCUT2D eigenvalue weighted by atomic mass is 15.4. The number of nitrogens with zero attached hydrogens (tertiary/aromatic N) is 6. The summed E-state index contributed by atoms with van der Waals surface area (Å²) in [6.45, 7) is 5.40. The molecule has 29 heavy (non-hydrogen) atoms. The van der Waals surface area contributed by atoms with Gasteiger partial charge in [-0.25, -0.2) is 0 Å². The zero-order valence-electron chi connectivity index (χ0n) is 16.4. The molecule has 0 spiro atoms. The van der Waals surface area contributed by atoms with Crippen LogP contribution in [0.25, 0.3) is 6.08 Å². The van der Waals surface area contributed by atoms with Crippen molar-refractivity contribution < 1.29 is 0 Å². The van der Waals surface area contributed by atoms with Gasteiger partial charge in [-0.15, -0.1) is 5.10 Å². The summed E-state index contributed by atoms with van der Waals surface area (Å²) in [5.41, 5.74) is 2.39. The van der Waals surface area contributed by atoms with Crippen molar-refractivity contribution in [1.29, 1.82) is 0 Å². The van der Waals surface area contributed by atoms with Crippen LogP contribution >= 0.6 is 0 Å². The standard InChI is InChI=1S/C22H25N7/c1-2-5-19(6-3-1)7-4-12-28-13-15-29(16-14-28)22-26-21(18-25-27-22)24-17-20-8-10-23-11-9-20/h1-11,18H,12-17H2,(H,24,26,27)/b7-4+. The number of rotatable bonds is 7. The highest BCUT2D eigenvalue weighted by molar-refractivity contribution is 5.48. The number of anilines is 2. The molecule has 1 aromatic carbocycles. The fraction of sp³-hybridized carbons (Fsp3) is 0.273. The maximum Gasteiger partial charge on any atom is 0.247 e. The van der Waals surface area contributed by atoms with Gasteiger partial charge >= 0.3 is 0 Å². The molecule has 0 aliphatic carbocycles. The molecular formula is C22H25N7. The van der Waals surface area contributed by atoms with E-state index < -0.39 is 0 Å². The number of nitrogens with one attached hydrogen (secondary N) is 1. The third-order valence-electron chi connectivity index (χ3n) is 4.90. The molecule has 7 heteroatoms. The predicted octanol–water partition coefficient (Wildman–Crippen LogP) is 2.71. The van der Waals surface area contributed by atoms with E-state index in [0.717, 1.165) is 44.1 Å². The SMILES string of the molecule is C(=C\c1ccccc1)/CN1CCN(c2nncc(NCc3ccncc3)n2)CC1. The average molecular weight is 387 g/mol. The molecule has 0 unspecified atom stereocenters. The number of aromatic nitrogens is 4. The van der Waals surface area contributed by atoms with Gasteiger partial charge in [0.05, 0.1) is 6.20 Å². The van der Waals surface area contributed by atoms with Crippen molar-refractivity contribution in [1.82, 2.24) is 25.1 Å². The van der Waals surface area contributed by atoms with Crippen molar-refractivity contribution in [2.45, 2.75) is 6.54 Å². The van der Waals surface area contributed by atoms with Crippen LogP contribution in [0.3, 0.4) is 0 Å². The first-order valence-electron chi connectivity index (χ1n) is 9.88. The third-order valence-corrected chi connectivity index (χ3v) is 4.90. The van der Waals surface area contributed by atoms with E-state index in [2.05, 4.69) is 71.7 Å². The smallest absolute Gasteiger partial charge is 0.247 e. The van der Waals surface area contributed by atoms with Crippen molar-refractivity contribution in [2.24, 2.45) is 0 Å². The molecule has 1 N–H and O–H groups in total. The molecule has 4 rings (SSSR count). The number of benzene rings is 1. The Kier molecular flexibility index (Phi) is 6.39. The van der Waals surface area contributed by atoms with Crippen LogP contribution in [0.4, 0.5) is 11.8 Å². The van der Waals surface area contributed by atoms with Crippen LogP contribution in [-0.4, -0.2) is 57.8 Å². The summed E-state index contributed by atoms with van der Waals surface area (Å²) in [5.74, 6) is 1.42. The van der Waals surface area contributed by atoms with Crippen molar-refractivity contribution in [2.75, 3.05) is 42.9 Å². The Balaban J connectivity index is 1.26. The minimum absolute atomic E-state index is 0.683. The number of hydrogen-bond acceptors (Lipinski definition) is 7. The fourth-order valence-corrected chi connectivity index (χ4v) is 3.24. The Labute approximate surface area is 171 Å². The van der Waals surface area contributed by atoms with Crippen LogP contribution in [0.5, 0.6) is 0 Å². The third kappa shape index (κ3) is 5.58. The normalized spacial score (nSPS) is 15.0. The lowest BCUT2D eigenvalue weighted by Crippen LogP contribution is -2.47. The van der Waals surface area contributed by atoms with Crippen LogP contribution in [0.15, 0.2) is 67.1 Å². The van der Waals surface area contributed by atoms with Gasteiger partial charge in [0.1, 0.15) is 0 Å². The molecule has 0 radical (unpaired) electrons. The summed E-state index contributed by atoms with van der Waals surface area (Å²) in [4.78, 5) is 13.3. The Morgan fingerprint density at radius 3 is 2.55 bits per heavy atom. The molecule has 0 amide bonds. The minimum atomic E-state index is 0.683. The van der Waals surface area contributed by atoms with Crippen LogP contribution in [0.1, 0.15) is 11.1 Å². The Hall–Kier alpha value is -3.32. The Bertz CT molecular complexity index is 907. The van der Waals surface area contributed by atoms with Crippen molar-refractivity contribution >= 4 is 17.8 Å².